The van der Waals surface area contributed by atoms with Gasteiger partial charge in [0.2, 0.25) is 0 Å². The molecule has 0 heterocycles. The number of halogens is 2. The summed E-state index contributed by atoms with van der Waals surface area (Å²) >= 11 is 0. The highest BCUT2D eigenvalue weighted by Gasteiger charge is 2.06. The Morgan fingerprint density at radius 1 is 1.50 bits per heavy atom. The fourth-order valence-electron chi connectivity index (χ4n) is 0.943. The second kappa shape index (κ2) is 4.50. The van der Waals surface area contributed by atoms with Gasteiger partial charge < -0.3 is 4.74 Å². The number of rotatable bonds is 4. The summed E-state index contributed by atoms with van der Waals surface area (Å²) in [6, 6.07) is 5.57. The van der Waals surface area contributed by atoms with E-state index in [1.807, 2.05) is 0 Å². The highest BCUT2D eigenvalue weighted by atomic mass is 19.3. The number of hydrogen-bond acceptors (Lipinski definition) is 2. The van der Waals surface area contributed by atoms with Gasteiger partial charge in [-0.25, -0.2) is 0 Å². The molecular weight excluding hydrogens is 190 g/mol. The highest BCUT2D eigenvalue weighted by Crippen LogP contribution is 2.16. The zero-order chi connectivity index (χ0) is 10.6. The molecule has 4 heteroatoms. The average molecular weight is 198 g/mol. The molecule has 0 saturated carbocycles. The molecule has 1 aromatic rings. The molecule has 74 valence electrons. The molecule has 0 aliphatic rings. The van der Waals surface area contributed by atoms with E-state index in [4.69, 9.17) is 0 Å². The van der Waals surface area contributed by atoms with Crippen molar-refractivity contribution in [2.45, 2.75) is 6.61 Å². The molecule has 0 amide bonds. The van der Waals surface area contributed by atoms with Crippen LogP contribution in [0.5, 0.6) is 5.75 Å². The highest BCUT2D eigenvalue weighted by molar-refractivity contribution is 6.04. The first-order chi connectivity index (χ1) is 6.63. The van der Waals surface area contributed by atoms with Crippen molar-refractivity contribution in [2.24, 2.45) is 0 Å². The van der Waals surface area contributed by atoms with E-state index in [1.54, 1.807) is 0 Å². The van der Waals surface area contributed by atoms with E-state index in [2.05, 4.69) is 11.3 Å². The van der Waals surface area contributed by atoms with Crippen molar-refractivity contribution in [2.75, 3.05) is 0 Å². The molecule has 0 radical (unpaired) electrons. The predicted octanol–water partition coefficient (Wildman–Crippen LogP) is 2.66. The number of allylic oxidation sites excluding steroid dienone is 1. The number of carbonyl (C=O) groups is 1. The van der Waals surface area contributed by atoms with Crippen molar-refractivity contribution in [1.29, 1.82) is 0 Å². The molecule has 0 aliphatic heterocycles. The first-order valence-electron chi connectivity index (χ1n) is 3.85. The number of ether oxygens (including phenoxy) is 1. The minimum atomic E-state index is -2.89. The van der Waals surface area contributed by atoms with Crippen molar-refractivity contribution in [1.82, 2.24) is 0 Å². The molecule has 0 fully saturated rings. The maximum Gasteiger partial charge on any atom is 0.387 e. The SMILES string of the molecule is C=CC(=O)c1cccc(OC(F)F)c1. The standard InChI is InChI=1S/C10H8F2O2/c1-2-9(13)7-4-3-5-8(6-7)14-10(11)12/h2-6,10H,1H2. The quantitative estimate of drug-likeness (QED) is 0.549. The Morgan fingerprint density at radius 3 is 2.79 bits per heavy atom. The largest absolute Gasteiger partial charge is 0.435 e. The zero-order valence-corrected chi connectivity index (χ0v) is 7.24. The van der Waals surface area contributed by atoms with Crippen LogP contribution in [0, 0.1) is 0 Å². The third-order valence-corrected chi connectivity index (χ3v) is 1.53. The number of ketones is 1. The maximum absolute atomic E-state index is 11.8. The van der Waals surface area contributed by atoms with Crippen LogP contribution in [-0.2, 0) is 0 Å². The molecule has 0 saturated heterocycles. The fraction of sp³-hybridized carbons (Fsp3) is 0.100. The molecule has 0 aromatic heterocycles. The van der Waals surface area contributed by atoms with Gasteiger partial charge in [0.05, 0.1) is 0 Å². The molecule has 2 nitrogen and oxygen atoms in total. The van der Waals surface area contributed by atoms with Crippen molar-refractivity contribution in [3.63, 3.8) is 0 Å². The monoisotopic (exact) mass is 198 g/mol. The van der Waals surface area contributed by atoms with Gasteiger partial charge in [0.1, 0.15) is 5.75 Å². The molecule has 1 aromatic carbocycles. The minimum Gasteiger partial charge on any atom is -0.435 e. The predicted molar refractivity (Wildman–Crippen MR) is 47.6 cm³/mol. The number of alkyl halides is 2. The van der Waals surface area contributed by atoms with Crippen molar-refractivity contribution < 1.29 is 18.3 Å². The van der Waals surface area contributed by atoms with Gasteiger partial charge in [-0.15, -0.1) is 0 Å². The second-order valence-corrected chi connectivity index (χ2v) is 2.47. The van der Waals surface area contributed by atoms with Gasteiger partial charge in [-0.1, -0.05) is 18.7 Å². The molecular formula is C10H8F2O2. The van der Waals surface area contributed by atoms with Crippen LogP contribution in [0.1, 0.15) is 10.4 Å². The Bertz CT molecular complexity index is 348. The Labute approximate surface area is 79.8 Å². The summed E-state index contributed by atoms with van der Waals surface area (Å²) < 4.78 is 27.7. The summed E-state index contributed by atoms with van der Waals surface area (Å²) in [7, 11) is 0. The molecule has 0 aliphatic carbocycles. The third-order valence-electron chi connectivity index (χ3n) is 1.53. The molecule has 14 heavy (non-hydrogen) atoms. The van der Waals surface area contributed by atoms with Gasteiger partial charge >= 0.3 is 6.61 Å². The Balaban J connectivity index is 2.89. The average Bonchev–Trinajstić information content (AvgIpc) is 2.16. The van der Waals surface area contributed by atoms with Crippen LogP contribution in [-0.4, -0.2) is 12.4 Å². The molecule has 0 bridgehead atoms. The lowest BCUT2D eigenvalue weighted by Crippen LogP contribution is -2.03. The first kappa shape index (κ1) is 10.4. The van der Waals surface area contributed by atoms with Crippen LogP contribution in [0.4, 0.5) is 8.78 Å². The maximum atomic E-state index is 11.8. The van der Waals surface area contributed by atoms with Crippen LogP contribution < -0.4 is 4.74 Å². The lowest BCUT2D eigenvalue weighted by molar-refractivity contribution is -0.0498. The van der Waals surface area contributed by atoms with E-state index in [0.29, 0.717) is 0 Å². The Hall–Kier alpha value is -1.71. The van der Waals surface area contributed by atoms with Gasteiger partial charge in [0.25, 0.3) is 0 Å². The van der Waals surface area contributed by atoms with Gasteiger partial charge in [-0.3, -0.25) is 4.79 Å². The summed E-state index contributed by atoms with van der Waals surface area (Å²) in [5.74, 6) is -0.364. The topological polar surface area (TPSA) is 26.3 Å². The van der Waals surface area contributed by atoms with E-state index in [9.17, 15) is 13.6 Å². The van der Waals surface area contributed by atoms with Crippen LogP contribution in [0.15, 0.2) is 36.9 Å². The second-order valence-electron chi connectivity index (χ2n) is 2.47. The van der Waals surface area contributed by atoms with Gasteiger partial charge in [0, 0.05) is 5.56 Å². The number of hydrogen-bond donors (Lipinski definition) is 0. The lowest BCUT2D eigenvalue weighted by atomic mass is 10.1. The van der Waals surface area contributed by atoms with Crippen LogP contribution in [0.2, 0.25) is 0 Å². The van der Waals surface area contributed by atoms with Crippen molar-refractivity contribution >= 4 is 5.78 Å². The fourth-order valence-corrected chi connectivity index (χ4v) is 0.943. The van der Waals surface area contributed by atoms with E-state index < -0.39 is 6.61 Å². The van der Waals surface area contributed by atoms with E-state index in [-0.39, 0.29) is 17.1 Å². The van der Waals surface area contributed by atoms with Crippen molar-refractivity contribution in [3.05, 3.63) is 42.5 Å². The van der Waals surface area contributed by atoms with Gasteiger partial charge in [-0.05, 0) is 18.2 Å². The number of carbonyl (C=O) groups excluding carboxylic acids is 1. The summed E-state index contributed by atoms with van der Waals surface area (Å²) in [6.07, 6.45) is 1.11. The van der Waals surface area contributed by atoms with Crippen LogP contribution >= 0.6 is 0 Å². The zero-order valence-electron chi connectivity index (χ0n) is 7.24. The van der Waals surface area contributed by atoms with E-state index >= 15 is 0 Å². The summed E-state index contributed by atoms with van der Waals surface area (Å²) in [5, 5.41) is 0. The third kappa shape index (κ3) is 2.65. The van der Waals surface area contributed by atoms with Gasteiger partial charge in [-0.2, -0.15) is 8.78 Å². The molecule has 0 spiro atoms. The minimum absolute atomic E-state index is 0.0345. The van der Waals surface area contributed by atoms with E-state index in [0.717, 1.165) is 6.08 Å². The number of benzene rings is 1. The Kier molecular flexibility index (Phi) is 3.34. The van der Waals surface area contributed by atoms with Crippen LogP contribution in [0.25, 0.3) is 0 Å². The molecule has 0 N–H and O–H groups in total. The summed E-state index contributed by atoms with van der Waals surface area (Å²) in [5.41, 5.74) is 0.276. The molecule has 0 atom stereocenters. The molecule has 1 rings (SSSR count). The normalized spacial score (nSPS) is 9.93. The summed E-state index contributed by atoms with van der Waals surface area (Å²) in [6.45, 7) is 0.404. The van der Waals surface area contributed by atoms with E-state index in [1.165, 1.54) is 24.3 Å². The first-order valence-corrected chi connectivity index (χ1v) is 3.85. The molecule has 0 unspecified atom stereocenters. The smallest absolute Gasteiger partial charge is 0.387 e. The summed E-state index contributed by atoms with van der Waals surface area (Å²) in [4.78, 5) is 11.1. The van der Waals surface area contributed by atoms with Crippen LogP contribution in [0.3, 0.4) is 0 Å². The lowest BCUT2D eigenvalue weighted by Gasteiger charge is -2.04. The van der Waals surface area contributed by atoms with Gasteiger partial charge in [0.15, 0.2) is 5.78 Å². The van der Waals surface area contributed by atoms with Crippen molar-refractivity contribution in [3.8, 4) is 5.75 Å². The Morgan fingerprint density at radius 2 is 2.21 bits per heavy atom.